The summed E-state index contributed by atoms with van der Waals surface area (Å²) in [4.78, 5) is 27.5. The van der Waals surface area contributed by atoms with Crippen molar-refractivity contribution in [1.29, 1.82) is 0 Å². The third-order valence-electron chi connectivity index (χ3n) is 5.78. The van der Waals surface area contributed by atoms with Crippen molar-refractivity contribution in [2.75, 3.05) is 20.8 Å². The molecule has 35 heavy (non-hydrogen) atoms. The number of amides is 2. The Kier molecular flexibility index (Phi) is 9.23. The zero-order valence-corrected chi connectivity index (χ0v) is 20.3. The van der Waals surface area contributed by atoms with Crippen molar-refractivity contribution >= 4 is 11.8 Å². The number of hydrogen-bond acceptors (Lipinski definition) is 4. The van der Waals surface area contributed by atoms with Gasteiger partial charge < -0.3 is 19.7 Å². The first kappa shape index (κ1) is 25.7. The van der Waals surface area contributed by atoms with Crippen LogP contribution in [0.1, 0.15) is 23.6 Å². The number of carbonyl (C=O) groups is 2. The number of ether oxygens (including phenoxy) is 2. The van der Waals surface area contributed by atoms with Crippen LogP contribution < -0.4 is 14.8 Å². The molecule has 0 saturated carbocycles. The molecule has 0 aliphatic carbocycles. The van der Waals surface area contributed by atoms with E-state index in [0.717, 1.165) is 16.7 Å². The Labute approximate surface area is 205 Å². The van der Waals surface area contributed by atoms with E-state index in [1.165, 1.54) is 24.0 Å². The summed E-state index contributed by atoms with van der Waals surface area (Å²) in [6, 6.07) is 20.4. The lowest BCUT2D eigenvalue weighted by Crippen LogP contribution is -2.50. The van der Waals surface area contributed by atoms with Crippen molar-refractivity contribution in [3.63, 3.8) is 0 Å². The van der Waals surface area contributed by atoms with Gasteiger partial charge in [-0.3, -0.25) is 9.59 Å². The molecule has 0 aliphatic heterocycles. The van der Waals surface area contributed by atoms with Gasteiger partial charge in [-0.2, -0.15) is 0 Å². The zero-order chi connectivity index (χ0) is 25.2. The molecule has 0 bridgehead atoms. The van der Waals surface area contributed by atoms with Gasteiger partial charge in [-0.05, 0) is 47.4 Å². The van der Waals surface area contributed by atoms with E-state index >= 15 is 0 Å². The highest BCUT2D eigenvalue weighted by atomic mass is 19.1. The third-order valence-corrected chi connectivity index (χ3v) is 5.78. The summed E-state index contributed by atoms with van der Waals surface area (Å²) in [6.07, 6.45) is 0.950. The van der Waals surface area contributed by atoms with Crippen LogP contribution in [-0.4, -0.2) is 43.5 Å². The summed E-state index contributed by atoms with van der Waals surface area (Å²) in [5.41, 5.74) is 2.67. The fourth-order valence-electron chi connectivity index (χ4n) is 3.89. The van der Waals surface area contributed by atoms with Crippen molar-refractivity contribution in [2.24, 2.45) is 0 Å². The number of methoxy groups -OCH3 is 2. The Balaban J connectivity index is 1.75. The number of nitrogens with zero attached hydrogens (tertiary/aromatic N) is 1. The number of benzene rings is 3. The van der Waals surface area contributed by atoms with E-state index in [4.69, 9.17) is 9.47 Å². The van der Waals surface area contributed by atoms with Crippen LogP contribution >= 0.6 is 0 Å². The van der Waals surface area contributed by atoms with E-state index in [9.17, 15) is 14.0 Å². The molecule has 3 rings (SSSR count). The SMILES string of the molecule is COc1ccc(CCNC(=O)[C@@H](Cc2ccccc2)N(Cc2ccc(F)cc2)C(C)=O)cc1OC. The summed E-state index contributed by atoms with van der Waals surface area (Å²) < 4.78 is 24.0. The molecular formula is C28H31FN2O4. The molecule has 1 N–H and O–H groups in total. The van der Waals surface area contributed by atoms with Crippen molar-refractivity contribution in [3.05, 3.63) is 95.3 Å². The van der Waals surface area contributed by atoms with Gasteiger partial charge in [0.15, 0.2) is 11.5 Å². The number of nitrogens with one attached hydrogen (secondary N) is 1. The van der Waals surface area contributed by atoms with Crippen LogP contribution in [0.2, 0.25) is 0 Å². The van der Waals surface area contributed by atoms with E-state index < -0.39 is 6.04 Å². The molecule has 0 fully saturated rings. The Hall–Kier alpha value is -3.87. The average molecular weight is 479 g/mol. The first-order valence-electron chi connectivity index (χ1n) is 11.5. The number of hydrogen-bond donors (Lipinski definition) is 1. The topological polar surface area (TPSA) is 67.9 Å². The molecule has 0 unspecified atom stereocenters. The van der Waals surface area contributed by atoms with Crippen molar-refractivity contribution < 1.29 is 23.5 Å². The van der Waals surface area contributed by atoms with E-state index in [-0.39, 0.29) is 24.2 Å². The highest BCUT2D eigenvalue weighted by Crippen LogP contribution is 2.27. The Morgan fingerprint density at radius 3 is 2.17 bits per heavy atom. The minimum absolute atomic E-state index is 0.205. The molecular weight excluding hydrogens is 447 g/mol. The van der Waals surface area contributed by atoms with Gasteiger partial charge in [0, 0.05) is 26.4 Å². The second-order valence-electron chi connectivity index (χ2n) is 8.21. The fourth-order valence-corrected chi connectivity index (χ4v) is 3.89. The summed E-state index contributed by atoms with van der Waals surface area (Å²) in [5, 5.41) is 2.98. The van der Waals surface area contributed by atoms with E-state index in [0.29, 0.717) is 30.9 Å². The maximum Gasteiger partial charge on any atom is 0.243 e. The molecule has 1 atom stereocenters. The van der Waals surface area contributed by atoms with Crippen LogP contribution in [0.25, 0.3) is 0 Å². The highest BCUT2D eigenvalue weighted by Gasteiger charge is 2.28. The molecule has 0 aromatic heterocycles. The first-order valence-corrected chi connectivity index (χ1v) is 11.5. The maximum atomic E-state index is 13.4. The van der Waals surface area contributed by atoms with Crippen molar-refractivity contribution in [2.45, 2.75) is 32.4 Å². The van der Waals surface area contributed by atoms with Gasteiger partial charge in [0.1, 0.15) is 11.9 Å². The van der Waals surface area contributed by atoms with Crippen LogP contribution in [0.15, 0.2) is 72.8 Å². The normalized spacial score (nSPS) is 11.4. The van der Waals surface area contributed by atoms with Crippen LogP contribution in [-0.2, 0) is 29.0 Å². The second-order valence-corrected chi connectivity index (χ2v) is 8.21. The van der Waals surface area contributed by atoms with Gasteiger partial charge in [0.05, 0.1) is 14.2 Å². The van der Waals surface area contributed by atoms with Gasteiger partial charge in [-0.1, -0.05) is 48.5 Å². The molecule has 7 heteroatoms. The lowest BCUT2D eigenvalue weighted by atomic mass is 10.0. The summed E-state index contributed by atoms with van der Waals surface area (Å²) in [5.74, 6) is 0.440. The molecule has 0 heterocycles. The largest absolute Gasteiger partial charge is 0.493 e. The van der Waals surface area contributed by atoms with E-state index in [1.54, 1.807) is 26.4 Å². The highest BCUT2D eigenvalue weighted by molar-refractivity contribution is 5.87. The molecule has 0 spiro atoms. The molecule has 3 aromatic carbocycles. The minimum Gasteiger partial charge on any atom is -0.493 e. The van der Waals surface area contributed by atoms with Gasteiger partial charge in [0.2, 0.25) is 11.8 Å². The quantitative estimate of drug-likeness (QED) is 0.449. The zero-order valence-electron chi connectivity index (χ0n) is 20.3. The molecule has 0 saturated heterocycles. The van der Waals surface area contributed by atoms with Gasteiger partial charge in [-0.25, -0.2) is 4.39 Å². The van der Waals surface area contributed by atoms with Crippen LogP contribution in [0.5, 0.6) is 11.5 Å². The lowest BCUT2D eigenvalue weighted by Gasteiger charge is -2.30. The molecule has 3 aromatic rings. The van der Waals surface area contributed by atoms with Crippen molar-refractivity contribution in [3.8, 4) is 11.5 Å². The first-order chi connectivity index (χ1) is 16.9. The molecule has 2 amide bonds. The summed E-state index contributed by atoms with van der Waals surface area (Å²) >= 11 is 0. The average Bonchev–Trinajstić information content (AvgIpc) is 2.87. The fraction of sp³-hybridized carbons (Fsp3) is 0.286. The standard InChI is InChI=1S/C28H31FN2O4/c1-20(32)31(19-23-9-12-24(29)13-10-23)25(17-21-7-5-4-6-8-21)28(33)30-16-15-22-11-14-26(34-2)27(18-22)35-3/h4-14,18,25H,15-17,19H2,1-3H3,(H,30,33)/t25-/m1/s1. The summed E-state index contributed by atoms with van der Waals surface area (Å²) in [7, 11) is 3.16. The Morgan fingerprint density at radius 1 is 0.886 bits per heavy atom. The Bertz CT molecular complexity index is 1120. The lowest BCUT2D eigenvalue weighted by molar-refractivity contribution is -0.139. The molecule has 184 valence electrons. The molecule has 6 nitrogen and oxygen atoms in total. The van der Waals surface area contributed by atoms with E-state index in [1.807, 2.05) is 48.5 Å². The van der Waals surface area contributed by atoms with Gasteiger partial charge in [0.25, 0.3) is 0 Å². The van der Waals surface area contributed by atoms with Crippen LogP contribution in [0.4, 0.5) is 4.39 Å². The molecule has 0 radical (unpaired) electrons. The number of halogens is 1. The molecule has 0 aliphatic rings. The van der Waals surface area contributed by atoms with Gasteiger partial charge >= 0.3 is 0 Å². The monoisotopic (exact) mass is 478 g/mol. The number of rotatable bonds is 11. The predicted octanol–water partition coefficient (Wildman–Crippen LogP) is 4.16. The predicted molar refractivity (Wildman–Crippen MR) is 133 cm³/mol. The second kappa shape index (κ2) is 12.6. The minimum atomic E-state index is -0.717. The Morgan fingerprint density at radius 2 is 1.54 bits per heavy atom. The summed E-state index contributed by atoms with van der Waals surface area (Å²) in [6.45, 7) is 2.04. The van der Waals surface area contributed by atoms with E-state index in [2.05, 4.69) is 5.32 Å². The maximum absolute atomic E-state index is 13.4. The van der Waals surface area contributed by atoms with Crippen LogP contribution in [0.3, 0.4) is 0 Å². The number of carbonyl (C=O) groups excluding carboxylic acids is 2. The smallest absolute Gasteiger partial charge is 0.243 e. The van der Waals surface area contributed by atoms with Gasteiger partial charge in [-0.15, -0.1) is 0 Å². The van der Waals surface area contributed by atoms with Crippen LogP contribution in [0, 0.1) is 5.82 Å². The third kappa shape index (κ3) is 7.30. The van der Waals surface area contributed by atoms with Crippen molar-refractivity contribution in [1.82, 2.24) is 10.2 Å².